The van der Waals surface area contributed by atoms with Crippen LogP contribution in [0.3, 0.4) is 0 Å². The van der Waals surface area contributed by atoms with Crippen molar-refractivity contribution in [1.29, 1.82) is 0 Å². The summed E-state index contributed by atoms with van der Waals surface area (Å²) in [6.45, 7) is 10.9. The van der Waals surface area contributed by atoms with Crippen LogP contribution in [0.5, 0.6) is 0 Å². The standard InChI is InChI=1S/C20H32N4O.ClH/c1-16-5-7-18(8-6-16)23-19(25)22-12-17-4-3-11-24(13-17)15-20(2)9-10-21-14-20;/h5-8,17,21H,3-4,9-15H2,1-2H3,(H2,22,23,25);1H. The molecule has 2 atom stereocenters. The van der Waals surface area contributed by atoms with Crippen LogP contribution in [0, 0.1) is 18.3 Å². The number of anilines is 1. The van der Waals surface area contributed by atoms with Crippen LogP contribution in [-0.4, -0.2) is 50.2 Å². The Morgan fingerprint density at radius 2 is 2.12 bits per heavy atom. The molecule has 3 N–H and O–H groups in total. The summed E-state index contributed by atoms with van der Waals surface area (Å²) in [5, 5.41) is 9.45. The van der Waals surface area contributed by atoms with Crippen molar-refractivity contribution in [3.8, 4) is 0 Å². The second-order valence-corrected chi connectivity index (χ2v) is 8.18. The predicted molar refractivity (Wildman–Crippen MR) is 110 cm³/mol. The minimum absolute atomic E-state index is 0. The van der Waals surface area contributed by atoms with E-state index in [-0.39, 0.29) is 18.4 Å². The Morgan fingerprint density at radius 3 is 2.81 bits per heavy atom. The Balaban J connectivity index is 0.00000243. The molecular weight excluding hydrogens is 348 g/mol. The maximum Gasteiger partial charge on any atom is 0.319 e. The Hall–Kier alpha value is -1.30. The van der Waals surface area contributed by atoms with Gasteiger partial charge in [0.25, 0.3) is 0 Å². The molecule has 0 radical (unpaired) electrons. The summed E-state index contributed by atoms with van der Waals surface area (Å²) in [6, 6.07) is 7.79. The third-order valence-corrected chi connectivity index (χ3v) is 5.53. The highest BCUT2D eigenvalue weighted by Gasteiger charge is 2.32. The average Bonchev–Trinajstić information content (AvgIpc) is 3.01. The van der Waals surface area contributed by atoms with Gasteiger partial charge in [0, 0.05) is 31.9 Å². The van der Waals surface area contributed by atoms with Crippen LogP contribution < -0.4 is 16.0 Å². The van der Waals surface area contributed by atoms with Gasteiger partial charge in [-0.25, -0.2) is 4.79 Å². The first-order chi connectivity index (χ1) is 12.0. The molecular formula is C20H33ClN4O. The van der Waals surface area contributed by atoms with Crippen molar-refractivity contribution in [2.75, 3.05) is 44.6 Å². The zero-order valence-electron chi connectivity index (χ0n) is 16.0. The number of rotatable bonds is 5. The first-order valence-electron chi connectivity index (χ1n) is 9.57. The van der Waals surface area contributed by atoms with E-state index < -0.39 is 0 Å². The van der Waals surface area contributed by atoms with Crippen molar-refractivity contribution in [2.45, 2.75) is 33.1 Å². The number of carbonyl (C=O) groups excluding carboxylic acids is 1. The summed E-state index contributed by atoms with van der Waals surface area (Å²) in [5.74, 6) is 0.551. The van der Waals surface area contributed by atoms with Crippen molar-refractivity contribution < 1.29 is 4.79 Å². The van der Waals surface area contributed by atoms with Gasteiger partial charge in [-0.05, 0) is 62.7 Å². The third-order valence-electron chi connectivity index (χ3n) is 5.53. The minimum Gasteiger partial charge on any atom is -0.338 e. The van der Waals surface area contributed by atoms with Gasteiger partial charge in [-0.1, -0.05) is 24.6 Å². The number of piperidine rings is 1. The predicted octanol–water partition coefficient (Wildman–Crippen LogP) is 3.25. The Bertz CT molecular complexity index is 572. The summed E-state index contributed by atoms with van der Waals surface area (Å²) in [5.41, 5.74) is 2.45. The van der Waals surface area contributed by atoms with Crippen LogP contribution in [0.4, 0.5) is 10.5 Å². The average molecular weight is 381 g/mol. The first kappa shape index (κ1) is 21.0. The minimum atomic E-state index is -0.104. The van der Waals surface area contributed by atoms with Gasteiger partial charge in [-0.15, -0.1) is 12.4 Å². The van der Waals surface area contributed by atoms with Gasteiger partial charge in [0.15, 0.2) is 0 Å². The lowest BCUT2D eigenvalue weighted by Crippen LogP contribution is -2.45. The van der Waals surface area contributed by atoms with Gasteiger partial charge < -0.3 is 20.9 Å². The molecule has 146 valence electrons. The molecule has 0 aliphatic carbocycles. The van der Waals surface area contributed by atoms with Crippen LogP contribution in [0.2, 0.25) is 0 Å². The van der Waals surface area contributed by atoms with E-state index in [1.807, 2.05) is 31.2 Å². The summed E-state index contributed by atoms with van der Waals surface area (Å²) < 4.78 is 0. The highest BCUT2D eigenvalue weighted by Crippen LogP contribution is 2.28. The highest BCUT2D eigenvalue weighted by atomic mass is 35.5. The van der Waals surface area contributed by atoms with Crippen LogP contribution in [0.15, 0.2) is 24.3 Å². The van der Waals surface area contributed by atoms with Crippen molar-refractivity contribution >= 4 is 24.1 Å². The molecule has 0 saturated carbocycles. The SMILES string of the molecule is Cc1ccc(NC(=O)NCC2CCCN(CC3(C)CCNC3)C2)cc1.Cl. The number of amides is 2. The van der Waals surface area contributed by atoms with Crippen LogP contribution in [-0.2, 0) is 0 Å². The molecule has 2 aliphatic heterocycles. The lowest BCUT2D eigenvalue weighted by atomic mass is 9.87. The van der Waals surface area contributed by atoms with E-state index in [2.05, 4.69) is 27.8 Å². The van der Waals surface area contributed by atoms with Crippen molar-refractivity contribution in [3.63, 3.8) is 0 Å². The number of hydrogen-bond acceptors (Lipinski definition) is 3. The monoisotopic (exact) mass is 380 g/mol. The number of nitrogens with zero attached hydrogens (tertiary/aromatic N) is 1. The molecule has 0 spiro atoms. The van der Waals surface area contributed by atoms with E-state index >= 15 is 0 Å². The molecule has 1 aromatic carbocycles. The molecule has 2 heterocycles. The lowest BCUT2D eigenvalue weighted by molar-refractivity contribution is 0.120. The largest absolute Gasteiger partial charge is 0.338 e. The molecule has 0 aromatic heterocycles. The molecule has 2 unspecified atom stereocenters. The molecule has 2 fully saturated rings. The number of benzene rings is 1. The smallest absolute Gasteiger partial charge is 0.319 e. The molecule has 1 aromatic rings. The van der Waals surface area contributed by atoms with E-state index in [1.54, 1.807) is 0 Å². The molecule has 3 rings (SSSR count). The second kappa shape index (κ2) is 9.58. The number of aryl methyl sites for hydroxylation is 1. The fraction of sp³-hybridized carbons (Fsp3) is 0.650. The summed E-state index contributed by atoms with van der Waals surface area (Å²) in [4.78, 5) is 14.7. The Morgan fingerprint density at radius 1 is 1.35 bits per heavy atom. The fourth-order valence-corrected chi connectivity index (χ4v) is 4.05. The van der Waals surface area contributed by atoms with Gasteiger partial charge in [-0.2, -0.15) is 0 Å². The number of likely N-dealkylation sites (tertiary alicyclic amines) is 1. The highest BCUT2D eigenvalue weighted by molar-refractivity contribution is 5.89. The molecule has 2 saturated heterocycles. The van der Waals surface area contributed by atoms with E-state index in [9.17, 15) is 4.79 Å². The summed E-state index contributed by atoms with van der Waals surface area (Å²) >= 11 is 0. The maximum atomic E-state index is 12.1. The second-order valence-electron chi connectivity index (χ2n) is 8.18. The van der Waals surface area contributed by atoms with Gasteiger partial charge in [0.2, 0.25) is 0 Å². The van der Waals surface area contributed by atoms with E-state index in [0.29, 0.717) is 11.3 Å². The van der Waals surface area contributed by atoms with E-state index in [0.717, 1.165) is 31.9 Å². The van der Waals surface area contributed by atoms with Gasteiger partial charge in [0.1, 0.15) is 0 Å². The molecule has 2 amide bonds. The molecule has 5 nitrogen and oxygen atoms in total. The van der Waals surface area contributed by atoms with Crippen molar-refractivity contribution in [2.24, 2.45) is 11.3 Å². The fourth-order valence-electron chi connectivity index (χ4n) is 4.05. The lowest BCUT2D eigenvalue weighted by Gasteiger charge is -2.37. The van der Waals surface area contributed by atoms with Crippen molar-refractivity contribution in [1.82, 2.24) is 15.5 Å². The van der Waals surface area contributed by atoms with Gasteiger partial charge in [-0.3, -0.25) is 0 Å². The molecule has 2 aliphatic rings. The molecule has 26 heavy (non-hydrogen) atoms. The zero-order chi connectivity index (χ0) is 17.7. The molecule has 0 bridgehead atoms. The maximum absolute atomic E-state index is 12.1. The topological polar surface area (TPSA) is 56.4 Å². The van der Waals surface area contributed by atoms with Gasteiger partial charge in [0.05, 0.1) is 0 Å². The Labute approximate surface area is 163 Å². The quantitative estimate of drug-likeness (QED) is 0.734. The number of urea groups is 1. The number of carbonyl (C=O) groups is 1. The van der Waals surface area contributed by atoms with Crippen molar-refractivity contribution in [3.05, 3.63) is 29.8 Å². The normalized spacial score (nSPS) is 26.2. The van der Waals surface area contributed by atoms with Crippen LogP contribution in [0.1, 0.15) is 31.7 Å². The Kier molecular flexibility index (Phi) is 7.74. The van der Waals surface area contributed by atoms with Gasteiger partial charge >= 0.3 is 6.03 Å². The zero-order valence-corrected chi connectivity index (χ0v) is 16.8. The van der Waals surface area contributed by atoms with Crippen LogP contribution in [0.25, 0.3) is 0 Å². The number of nitrogens with one attached hydrogen (secondary N) is 3. The molecule has 6 heteroatoms. The van der Waals surface area contributed by atoms with E-state index in [4.69, 9.17) is 0 Å². The summed E-state index contributed by atoms with van der Waals surface area (Å²) in [6.07, 6.45) is 3.71. The van der Waals surface area contributed by atoms with Crippen LogP contribution >= 0.6 is 12.4 Å². The number of hydrogen-bond donors (Lipinski definition) is 3. The third kappa shape index (κ3) is 6.15. The number of halogens is 1. The van der Waals surface area contributed by atoms with E-state index in [1.165, 1.54) is 37.9 Å². The summed E-state index contributed by atoms with van der Waals surface area (Å²) in [7, 11) is 0. The first-order valence-corrected chi connectivity index (χ1v) is 9.57.